The number of rotatable bonds is 4. The maximum atomic E-state index is 15.9. The molecule has 1 fully saturated rings. The number of halogens is 2. The Balaban J connectivity index is 1.60. The third-order valence-electron chi connectivity index (χ3n) is 6.01. The van der Waals surface area contributed by atoms with Gasteiger partial charge in [-0.15, -0.1) is 0 Å². The SMILES string of the molecule is C=CC(=O)N1CCN(c2snc3c(F)c(-c4cc(OC)cc5cnn(C)c45)c(Cl)cc23)CC1. The molecule has 5 rings (SSSR count). The van der Waals surface area contributed by atoms with Gasteiger partial charge in [0.25, 0.3) is 0 Å². The fraction of sp³-hybridized carbons (Fsp3) is 0.261. The third kappa shape index (κ3) is 3.52. The van der Waals surface area contributed by atoms with Gasteiger partial charge in [-0.3, -0.25) is 9.48 Å². The van der Waals surface area contributed by atoms with Crippen LogP contribution in [-0.2, 0) is 11.8 Å². The van der Waals surface area contributed by atoms with Gasteiger partial charge in [-0.1, -0.05) is 18.2 Å². The molecule has 0 bridgehead atoms. The van der Waals surface area contributed by atoms with Gasteiger partial charge in [0.2, 0.25) is 5.91 Å². The Morgan fingerprint density at radius 2 is 2.03 bits per heavy atom. The van der Waals surface area contributed by atoms with Crippen LogP contribution in [0.1, 0.15) is 0 Å². The normalized spacial score (nSPS) is 14.3. The Hall–Kier alpha value is -3.17. The first-order chi connectivity index (χ1) is 15.9. The molecule has 2 aromatic heterocycles. The standard InChI is InChI=1S/C23H21ClFN5O2S/c1-4-18(31)29-5-7-30(8-6-29)23-16-11-17(24)19(20(25)21(16)27-33-23)15-10-14(32-3)9-13-12-26-28(2)22(13)15/h4,9-12H,1,5-8H2,2-3H3. The summed E-state index contributed by atoms with van der Waals surface area (Å²) < 4.78 is 27.5. The van der Waals surface area contributed by atoms with Crippen LogP contribution in [0.4, 0.5) is 9.39 Å². The van der Waals surface area contributed by atoms with Gasteiger partial charge >= 0.3 is 0 Å². The summed E-state index contributed by atoms with van der Waals surface area (Å²) in [5, 5.41) is 6.94. The Labute approximate surface area is 198 Å². The molecule has 0 aliphatic carbocycles. The Bertz CT molecular complexity index is 1410. The van der Waals surface area contributed by atoms with Crippen LogP contribution in [0.15, 0.2) is 37.1 Å². The summed E-state index contributed by atoms with van der Waals surface area (Å²) >= 11 is 7.93. The van der Waals surface area contributed by atoms with Gasteiger partial charge in [-0.2, -0.15) is 9.47 Å². The van der Waals surface area contributed by atoms with Gasteiger partial charge in [-0.05, 0) is 35.8 Å². The fourth-order valence-corrected chi connectivity index (χ4v) is 5.54. The van der Waals surface area contributed by atoms with Gasteiger partial charge < -0.3 is 14.5 Å². The largest absolute Gasteiger partial charge is 0.497 e. The lowest BCUT2D eigenvalue weighted by Crippen LogP contribution is -2.48. The number of hydrogen-bond donors (Lipinski definition) is 0. The predicted octanol–water partition coefficient (Wildman–Crippen LogP) is 4.49. The van der Waals surface area contributed by atoms with Crippen LogP contribution < -0.4 is 9.64 Å². The molecule has 4 aromatic rings. The highest BCUT2D eigenvalue weighted by molar-refractivity contribution is 7.11. The van der Waals surface area contributed by atoms with Gasteiger partial charge in [0, 0.05) is 55.1 Å². The Morgan fingerprint density at radius 1 is 1.27 bits per heavy atom. The molecule has 7 nitrogen and oxygen atoms in total. The van der Waals surface area contributed by atoms with E-state index in [2.05, 4.69) is 21.0 Å². The van der Waals surface area contributed by atoms with Crippen LogP contribution in [0.2, 0.25) is 5.02 Å². The summed E-state index contributed by atoms with van der Waals surface area (Å²) in [6.07, 6.45) is 3.04. The summed E-state index contributed by atoms with van der Waals surface area (Å²) in [4.78, 5) is 15.7. The highest BCUT2D eigenvalue weighted by Crippen LogP contribution is 2.43. The highest BCUT2D eigenvalue weighted by atomic mass is 35.5. The number of piperazine rings is 1. The molecule has 2 aromatic carbocycles. The Kier molecular flexibility index (Phi) is 5.46. The molecule has 0 unspecified atom stereocenters. The molecule has 0 radical (unpaired) electrons. The van der Waals surface area contributed by atoms with E-state index in [1.54, 1.807) is 42.1 Å². The van der Waals surface area contributed by atoms with Crippen LogP contribution in [0.3, 0.4) is 0 Å². The maximum absolute atomic E-state index is 15.9. The van der Waals surface area contributed by atoms with Crippen molar-refractivity contribution < 1.29 is 13.9 Å². The van der Waals surface area contributed by atoms with Crippen LogP contribution in [0.5, 0.6) is 5.75 Å². The van der Waals surface area contributed by atoms with E-state index in [0.29, 0.717) is 42.9 Å². The minimum absolute atomic E-state index is 0.0812. The zero-order valence-corrected chi connectivity index (χ0v) is 19.7. The molecule has 1 amide bonds. The molecule has 10 heteroatoms. The number of carbonyl (C=O) groups excluding carboxylic acids is 1. The summed E-state index contributed by atoms with van der Waals surface area (Å²) in [6, 6.07) is 5.40. The number of aryl methyl sites for hydroxylation is 1. The van der Waals surface area contributed by atoms with E-state index in [-0.39, 0.29) is 22.0 Å². The number of benzene rings is 2. The van der Waals surface area contributed by atoms with Gasteiger partial charge in [0.05, 0.1) is 23.8 Å². The number of fused-ring (bicyclic) bond motifs is 2. The summed E-state index contributed by atoms with van der Waals surface area (Å²) in [6.45, 7) is 5.94. The lowest BCUT2D eigenvalue weighted by atomic mass is 10.00. The lowest BCUT2D eigenvalue weighted by Gasteiger charge is -2.34. The second kappa shape index (κ2) is 8.31. The zero-order valence-electron chi connectivity index (χ0n) is 18.1. The smallest absolute Gasteiger partial charge is 0.246 e. The van der Waals surface area contributed by atoms with E-state index >= 15 is 4.39 Å². The second-order valence-electron chi connectivity index (χ2n) is 7.83. The monoisotopic (exact) mass is 485 g/mol. The second-order valence-corrected chi connectivity index (χ2v) is 8.99. The molecule has 1 aliphatic heterocycles. The van der Waals surface area contributed by atoms with Crippen LogP contribution >= 0.6 is 23.1 Å². The van der Waals surface area contributed by atoms with Crippen molar-refractivity contribution in [3.63, 3.8) is 0 Å². The van der Waals surface area contributed by atoms with Crippen molar-refractivity contribution in [2.24, 2.45) is 7.05 Å². The number of aromatic nitrogens is 3. The van der Waals surface area contributed by atoms with Crippen LogP contribution in [0.25, 0.3) is 32.9 Å². The molecule has 0 N–H and O–H groups in total. The molecular weight excluding hydrogens is 465 g/mol. The van der Waals surface area contributed by atoms with Crippen LogP contribution in [0, 0.1) is 5.82 Å². The van der Waals surface area contributed by atoms with Crippen molar-refractivity contribution in [1.29, 1.82) is 0 Å². The van der Waals surface area contributed by atoms with E-state index in [4.69, 9.17) is 16.3 Å². The summed E-state index contributed by atoms with van der Waals surface area (Å²) in [5.74, 6) is 0.0329. The van der Waals surface area contributed by atoms with Crippen molar-refractivity contribution in [2.75, 3.05) is 38.2 Å². The van der Waals surface area contributed by atoms with Gasteiger partial charge in [0.15, 0.2) is 5.82 Å². The molecule has 0 atom stereocenters. The van der Waals surface area contributed by atoms with E-state index in [9.17, 15) is 4.79 Å². The van der Waals surface area contributed by atoms with Crippen LogP contribution in [-0.4, -0.2) is 58.2 Å². The topological polar surface area (TPSA) is 63.5 Å². The van der Waals surface area contributed by atoms with E-state index in [1.165, 1.54) is 17.6 Å². The van der Waals surface area contributed by atoms with Crippen molar-refractivity contribution >= 4 is 55.8 Å². The maximum Gasteiger partial charge on any atom is 0.246 e. The number of anilines is 1. The molecule has 0 spiro atoms. The van der Waals surface area contributed by atoms with Crippen molar-refractivity contribution in [3.05, 3.63) is 47.9 Å². The van der Waals surface area contributed by atoms with Gasteiger partial charge in [-0.25, -0.2) is 4.39 Å². The molecule has 33 heavy (non-hydrogen) atoms. The van der Waals surface area contributed by atoms with E-state index in [1.807, 2.05) is 6.07 Å². The number of ether oxygens (including phenoxy) is 1. The molecule has 1 aliphatic rings. The molecule has 3 heterocycles. The lowest BCUT2D eigenvalue weighted by molar-refractivity contribution is -0.126. The highest BCUT2D eigenvalue weighted by Gasteiger charge is 2.26. The quantitative estimate of drug-likeness (QED) is 0.399. The molecule has 170 valence electrons. The number of amides is 1. The number of carbonyl (C=O) groups is 1. The van der Waals surface area contributed by atoms with Crippen molar-refractivity contribution in [1.82, 2.24) is 19.1 Å². The number of methoxy groups -OCH3 is 1. The first-order valence-electron chi connectivity index (χ1n) is 10.4. The fourth-order valence-electron chi connectivity index (χ4n) is 4.34. The number of hydrogen-bond acceptors (Lipinski definition) is 6. The first kappa shape index (κ1) is 21.7. The molecule has 1 saturated heterocycles. The van der Waals surface area contributed by atoms with Gasteiger partial charge in [0.1, 0.15) is 16.3 Å². The Morgan fingerprint density at radius 3 is 2.73 bits per heavy atom. The summed E-state index contributed by atoms with van der Waals surface area (Å²) in [5.41, 5.74) is 1.90. The third-order valence-corrected chi connectivity index (χ3v) is 7.23. The molecule has 0 saturated carbocycles. The van der Waals surface area contributed by atoms with E-state index in [0.717, 1.165) is 15.9 Å². The minimum Gasteiger partial charge on any atom is -0.497 e. The van der Waals surface area contributed by atoms with Crippen molar-refractivity contribution in [2.45, 2.75) is 0 Å². The predicted molar refractivity (Wildman–Crippen MR) is 130 cm³/mol. The molecular formula is C23H21ClFN5O2S. The minimum atomic E-state index is -0.476. The summed E-state index contributed by atoms with van der Waals surface area (Å²) in [7, 11) is 3.37. The van der Waals surface area contributed by atoms with Crippen molar-refractivity contribution in [3.8, 4) is 16.9 Å². The van der Waals surface area contributed by atoms with E-state index < -0.39 is 5.82 Å². The zero-order chi connectivity index (χ0) is 23.3. The average molecular weight is 486 g/mol. The average Bonchev–Trinajstić information content (AvgIpc) is 3.42. The first-order valence-corrected chi connectivity index (χ1v) is 11.5. The number of nitrogens with zero attached hydrogens (tertiary/aromatic N) is 5.